The van der Waals surface area contributed by atoms with Crippen LogP contribution in [0.2, 0.25) is 0 Å². The summed E-state index contributed by atoms with van der Waals surface area (Å²) < 4.78 is 10.7. The predicted molar refractivity (Wildman–Crippen MR) is 110 cm³/mol. The van der Waals surface area contributed by atoms with Crippen LogP contribution in [-0.4, -0.2) is 59.1 Å². The number of nitrogens with zero attached hydrogens (tertiary/aromatic N) is 8. The van der Waals surface area contributed by atoms with Crippen molar-refractivity contribution in [2.24, 2.45) is 7.05 Å². The molecule has 11 nitrogen and oxygen atoms in total. The molecular formula is C19H21N9O2. The average molecular weight is 407 g/mol. The van der Waals surface area contributed by atoms with Crippen molar-refractivity contribution >= 4 is 28.4 Å². The summed E-state index contributed by atoms with van der Waals surface area (Å²) in [7, 11) is 1.75. The van der Waals surface area contributed by atoms with Gasteiger partial charge in [-0.1, -0.05) is 0 Å². The number of pyridine rings is 1. The van der Waals surface area contributed by atoms with E-state index in [1.54, 1.807) is 27.0 Å². The van der Waals surface area contributed by atoms with Crippen LogP contribution in [0.5, 0.6) is 0 Å². The van der Waals surface area contributed by atoms with Crippen molar-refractivity contribution in [2.45, 2.75) is 31.8 Å². The van der Waals surface area contributed by atoms with E-state index in [2.05, 4.69) is 25.4 Å². The SMILES string of the molecule is Cc1cn2ncnc2cc1Nc1ncc2c(n1)n(N1C3CCC1COC3)c(=O)n2C. The average Bonchev–Trinajstić information content (AvgIpc) is 3.35. The van der Waals surface area contributed by atoms with Crippen LogP contribution in [0.25, 0.3) is 16.8 Å². The van der Waals surface area contributed by atoms with Gasteiger partial charge in [0.25, 0.3) is 0 Å². The van der Waals surface area contributed by atoms with E-state index in [1.165, 1.54) is 6.33 Å². The number of anilines is 2. The fraction of sp³-hybridized carbons (Fsp3) is 0.421. The zero-order valence-electron chi connectivity index (χ0n) is 16.7. The highest BCUT2D eigenvalue weighted by atomic mass is 16.5. The Kier molecular flexibility index (Phi) is 3.63. The summed E-state index contributed by atoms with van der Waals surface area (Å²) in [6.07, 6.45) is 7.13. The molecule has 154 valence electrons. The Morgan fingerprint density at radius 1 is 1.20 bits per heavy atom. The van der Waals surface area contributed by atoms with E-state index < -0.39 is 0 Å². The van der Waals surface area contributed by atoms with Crippen molar-refractivity contribution < 1.29 is 4.74 Å². The molecule has 0 aromatic carbocycles. The maximum absolute atomic E-state index is 13.1. The van der Waals surface area contributed by atoms with E-state index in [-0.39, 0.29) is 17.8 Å². The third kappa shape index (κ3) is 2.45. The Morgan fingerprint density at radius 3 is 2.80 bits per heavy atom. The normalized spacial score (nSPS) is 21.1. The molecule has 0 radical (unpaired) electrons. The molecule has 0 aliphatic carbocycles. The molecule has 6 heterocycles. The summed E-state index contributed by atoms with van der Waals surface area (Å²) in [4.78, 5) is 26.5. The highest BCUT2D eigenvalue weighted by Gasteiger charge is 2.40. The number of imidazole rings is 1. The van der Waals surface area contributed by atoms with Gasteiger partial charge in [0.15, 0.2) is 11.3 Å². The van der Waals surface area contributed by atoms with Crippen LogP contribution in [0, 0.1) is 6.92 Å². The van der Waals surface area contributed by atoms with Crippen LogP contribution in [0.3, 0.4) is 0 Å². The fourth-order valence-corrected chi connectivity index (χ4v) is 4.51. The topological polar surface area (TPSA) is 107 Å². The van der Waals surface area contributed by atoms with Gasteiger partial charge >= 0.3 is 5.69 Å². The minimum Gasteiger partial charge on any atom is -0.377 e. The van der Waals surface area contributed by atoms with Crippen molar-refractivity contribution in [1.29, 1.82) is 0 Å². The summed E-state index contributed by atoms with van der Waals surface area (Å²) in [5.74, 6) is 0.425. The summed E-state index contributed by atoms with van der Waals surface area (Å²) in [6.45, 7) is 3.24. The largest absolute Gasteiger partial charge is 0.377 e. The quantitative estimate of drug-likeness (QED) is 0.530. The number of rotatable bonds is 3. The molecule has 1 N–H and O–H groups in total. The van der Waals surface area contributed by atoms with Crippen molar-refractivity contribution in [3.05, 3.63) is 40.8 Å². The fourth-order valence-electron chi connectivity index (χ4n) is 4.51. The zero-order chi connectivity index (χ0) is 20.4. The van der Waals surface area contributed by atoms with Crippen LogP contribution in [0.1, 0.15) is 18.4 Å². The molecule has 11 heteroatoms. The van der Waals surface area contributed by atoms with Crippen LogP contribution in [0.15, 0.2) is 29.6 Å². The molecule has 2 atom stereocenters. The van der Waals surface area contributed by atoms with Gasteiger partial charge in [-0.25, -0.2) is 19.3 Å². The van der Waals surface area contributed by atoms with E-state index in [0.29, 0.717) is 30.3 Å². The standard InChI is InChI=1S/C19H21N9O2/c1-11-7-26-16(21-10-22-26)5-14(11)23-18-20-6-15-17(24-18)28(19(29)25(15)2)27-12-3-4-13(27)9-30-8-12/h5-7,10,12-13H,3-4,8-9H2,1-2H3,(H,20,23,24). The van der Waals surface area contributed by atoms with Gasteiger partial charge in [-0.15, -0.1) is 0 Å². The van der Waals surface area contributed by atoms with E-state index in [4.69, 9.17) is 9.72 Å². The molecule has 2 saturated heterocycles. The minimum atomic E-state index is -0.115. The molecule has 2 fully saturated rings. The van der Waals surface area contributed by atoms with Gasteiger partial charge in [-0.05, 0) is 25.3 Å². The maximum atomic E-state index is 13.1. The second-order valence-corrected chi connectivity index (χ2v) is 7.92. The van der Waals surface area contributed by atoms with Crippen molar-refractivity contribution in [2.75, 3.05) is 23.5 Å². The lowest BCUT2D eigenvalue weighted by Gasteiger charge is -2.36. The number of fused-ring (bicyclic) bond motifs is 4. The van der Waals surface area contributed by atoms with Crippen LogP contribution in [-0.2, 0) is 11.8 Å². The molecular weight excluding hydrogens is 386 g/mol. The van der Waals surface area contributed by atoms with Gasteiger partial charge in [0, 0.05) is 25.0 Å². The predicted octanol–water partition coefficient (Wildman–Crippen LogP) is 0.724. The first-order valence-corrected chi connectivity index (χ1v) is 9.98. The zero-order valence-corrected chi connectivity index (χ0v) is 16.7. The van der Waals surface area contributed by atoms with Crippen LogP contribution in [0.4, 0.5) is 11.6 Å². The number of aromatic nitrogens is 7. The Balaban J connectivity index is 1.45. The molecule has 2 bridgehead atoms. The molecule has 6 rings (SSSR count). The number of hydrogen-bond donors (Lipinski definition) is 1. The van der Waals surface area contributed by atoms with E-state index in [1.807, 2.05) is 19.2 Å². The van der Waals surface area contributed by atoms with Gasteiger partial charge in [-0.3, -0.25) is 9.58 Å². The highest BCUT2D eigenvalue weighted by molar-refractivity contribution is 5.74. The number of morpholine rings is 1. The first-order valence-electron chi connectivity index (χ1n) is 9.98. The van der Waals surface area contributed by atoms with E-state index in [0.717, 1.165) is 29.7 Å². The lowest BCUT2D eigenvalue weighted by atomic mass is 10.2. The Bertz CT molecular complexity index is 1320. The number of aryl methyl sites for hydroxylation is 2. The highest BCUT2D eigenvalue weighted by Crippen LogP contribution is 2.28. The minimum absolute atomic E-state index is 0.115. The molecule has 4 aromatic heterocycles. The summed E-state index contributed by atoms with van der Waals surface area (Å²) in [5.41, 5.74) is 3.72. The van der Waals surface area contributed by atoms with Crippen LogP contribution >= 0.6 is 0 Å². The van der Waals surface area contributed by atoms with Crippen molar-refractivity contribution in [3.63, 3.8) is 0 Å². The third-order valence-corrected chi connectivity index (χ3v) is 6.07. The Hall–Kier alpha value is -3.47. The summed E-state index contributed by atoms with van der Waals surface area (Å²) >= 11 is 0. The molecule has 0 spiro atoms. The number of hydrogen-bond acceptors (Lipinski definition) is 8. The van der Waals surface area contributed by atoms with Gasteiger partial charge in [0.1, 0.15) is 11.8 Å². The lowest BCUT2D eigenvalue weighted by Crippen LogP contribution is -2.55. The second-order valence-electron chi connectivity index (χ2n) is 7.92. The van der Waals surface area contributed by atoms with Gasteiger partial charge in [0.05, 0.1) is 31.5 Å². The second kappa shape index (κ2) is 6.26. The molecule has 0 saturated carbocycles. The number of ether oxygens (including phenoxy) is 1. The molecule has 4 aromatic rings. The lowest BCUT2D eigenvalue weighted by molar-refractivity contribution is 0.0761. The van der Waals surface area contributed by atoms with Gasteiger partial charge in [-0.2, -0.15) is 14.8 Å². The monoisotopic (exact) mass is 407 g/mol. The third-order valence-electron chi connectivity index (χ3n) is 6.07. The van der Waals surface area contributed by atoms with Crippen LogP contribution < -0.4 is 16.0 Å². The van der Waals surface area contributed by atoms with Crippen molar-refractivity contribution in [3.8, 4) is 0 Å². The first kappa shape index (κ1) is 17.4. The van der Waals surface area contributed by atoms with E-state index >= 15 is 0 Å². The van der Waals surface area contributed by atoms with Crippen molar-refractivity contribution in [1.82, 2.24) is 33.8 Å². The van der Waals surface area contributed by atoms with Gasteiger partial charge < -0.3 is 10.1 Å². The smallest absolute Gasteiger partial charge is 0.349 e. The molecule has 0 amide bonds. The summed E-state index contributed by atoms with van der Waals surface area (Å²) in [6, 6.07) is 2.28. The van der Waals surface area contributed by atoms with Gasteiger partial charge in [0.2, 0.25) is 5.95 Å². The number of nitrogens with one attached hydrogen (secondary N) is 1. The first-order chi connectivity index (χ1) is 14.6. The molecule has 2 aliphatic heterocycles. The molecule has 2 unspecified atom stereocenters. The Morgan fingerprint density at radius 2 is 2.00 bits per heavy atom. The van der Waals surface area contributed by atoms with E-state index in [9.17, 15) is 4.79 Å². The maximum Gasteiger partial charge on any atom is 0.349 e. The molecule has 30 heavy (non-hydrogen) atoms. The Labute approximate surface area is 170 Å². The molecule has 2 aliphatic rings. The summed E-state index contributed by atoms with van der Waals surface area (Å²) in [5, 5.41) is 9.58.